The van der Waals surface area contributed by atoms with Crippen LogP contribution in [0.2, 0.25) is 0 Å². The van der Waals surface area contributed by atoms with Crippen molar-refractivity contribution in [3.63, 3.8) is 0 Å². The highest BCUT2D eigenvalue weighted by molar-refractivity contribution is 6.10. The summed E-state index contributed by atoms with van der Waals surface area (Å²) in [6.07, 6.45) is 8.72. The molecule has 0 bridgehead atoms. The van der Waals surface area contributed by atoms with Crippen LogP contribution in [-0.2, 0) is 20.0 Å². The van der Waals surface area contributed by atoms with Crippen molar-refractivity contribution >= 4 is 23.0 Å². The number of aryl methyl sites for hydroxylation is 1. The second kappa shape index (κ2) is 12.0. The van der Waals surface area contributed by atoms with Crippen molar-refractivity contribution in [1.82, 2.24) is 19.4 Å². The molecule has 8 heteroatoms. The predicted octanol–water partition coefficient (Wildman–Crippen LogP) is 5.47. The van der Waals surface area contributed by atoms with E-state index in [4.69, 9.17) is 10.7 Å². The molecule has 0 radical (unpaired) electrons. The highest BCUT2D eigenvalue weighted by Crippen LogP contribution is 2.30. The number of pyridine rings is 1. The smallest absolute Gasteiger partial charge is 0.253 e. The molecule has 4 rings (SSSR count). The van der Waals surface area contributed by atoms with Gasteiger partial charge < -0.3 is 10.6 Å². The zero-order valence-electron chi connectivity index (χ0n) is 23.2. The highest BCUT2D eigenvalue weighted by atomic mass is 19.1. The van der Waals surface area contributed by atoms with E-state index in [2.05, 4.69) is 40.9 Å². The lowest BCUT2D eigenvalue weighted by Crippen LogP contribution is -2.31. The molecule has 39 heavy (non-hydrogen) atoms. The summed E-state index contributed by atoms with van der Waals surface area (Å²) in [6, 6.07) is 10.00. The van der Waals surface area contributed by atoms with Crippen molar-refractivity contribution in [3.05, 3.63) is 111 Å². The summed E-state index contributed by atoms with van der Waals surface area (Å²) in [5.41, 5.74) is 13.6. The lowest BCUT2D eigenvalue weighted by atomic mass is 9.98. The third kappa shape index (κ3) is 6.06. The second-order valence-electron chi connectivity index (χ2n) is 9.70. The van der Waals surface area contributed by atoms with E-state index in [-0.39, 0.29) is 17.1 Å². The first-order valence-electron chi connectivity index (χ1n) is 13.1. The molecule has 1 aliphatic rings. The van der Waals surface area contributed by atoms with Crippen molar-refractivity contribution in [2.45, 2.75) is 47.1 Å². The van der Waals surface area contributed by atoms with Gasteiger partial charge in [-0.3, -0.25) is 19.3 Å². The van der Waals surface area contributed by atoms with E-state index in [1.54, 1.807) is 48.3 Å². The number of nitrogens with zero attached hydrogens (tertiary/aromatic N) is 5. The van der Waals surface area contributed by atoms with Gasteiger partial charge >= 0.3 is 0 Å². The molecular formula is C31H35FN6O. The Morgan fingerprint density at radius 2 is 2.00 bits per heavy atom. The van der Waals surface area contributed by atoms with E-state index >= 15 is 0 Å². The van der Waals surface area contributed by atoms with Crippen molar-refractivity contribution < 1.29 is 4.39 Å². The quantitative estimate of drug-likeness (QED) is 0.326. The number of aliphatic imine (C=N–C) groups is 1. The van der Waals surface area contributed by atoms with E-state index < -0.39 is 0 Å². The Balaban J connectivity index is 1.65. The van der Waals surface area contributed by atoms with Gasteiger partial charge in [-0.2, -0.15) is 0 Å². The molecule has 2 N–H and O–H groups in total. The topological polar surface area (TPSA) is 89.4 Å². The summed E-state index contributed by atoms with van der Waals surface area (Å²) in [7, 11) is 1.76. The minimum Gasteiger partial charge on any atom is -0.404 e. The van der Waals surface area contributed by atoms with Crippen LogP contribution in [0.15, 0.2) is 75.9 Å². The van der Waals surface area contributed by atoms with E-state index in [1.165, 1.54) is 12.3 Å². The fourth-order valence-corrected chi connectivity index (χ4v) is 4.76. The molecule has 7 nitrogen and oxygen atoms in total. The molecule has 202 valence electrons. The van der Waals surface area contributed by atoms with Crippen LogP contribution in [0.4, 0.5) is 10.1 Å². The Hall–Kier alpha value is -4.33. The van der Waals surface area contributed by atoms with Gasteiger partial charge in [-0.05, 0) is 62.1 Å². The SMILES string of the molecule is CC/C=C(/C(C)=C(/C)c1nc(C)cc(=O)n1C)N1CCc2ncc(/C(C=Nc3ccccc3F)=C/N)cc2C1. The summed E-state index contributed by atoms with van der Waals surface area (Å²) >= 11 is 0. The lowest BCUT2D eigenvalue weighted by molar-refractivity contribution is 0.324. The van der Waals surface area contributed by atoms with Crippen LogP contribution in [0.25, 0.3) is 11.1 Å². The molecule has 0 saturated carbocycles. The summed E-state index contributed by atoms with van der Waals surface area (Å²) in [5.74, 6) is 0.284. The molecule has 0 atom stereocenters. The second-order valence-corrected chi connectivity index (χ2v) is 9.70. The Morgan fingerprint density at radius 1 is 1.23 bits per heavy atom. The summed E-state index contributed by atoms with van der Waals surface area (Å²) in [5, 5.41) is 0. The first-order valence-corrected chi connectivity index (χ1v) is 13.1. The molecule has 0 fully saturated rings. The summed E-state index contributed by atoms with van der Waals surface area (Å²) in [6.45, 7) is 9.57. The van der Waals surface area contributed by atoms with Crippen molar-refractivity contribution in [2.75, 3.05) is 6.54 Å². The number of para-hydroxylation sites is 1. The van der Waals surface area contributed by atoms with Gasteiger partial charge in [0.05, 0.1) is 5.69 Å². The fourth-order valence-electron chi connectivity index (χ4n) is 4.76. The van der Waals surface area contributed by atoms with Gasteiger partial charge in [0.2, 0.25) is 0 Å². The Morgan fingerprint density at radius 3 is 2.72 bits per heavy atom. The average molecular weight is 527 g/mol. The monoisotopic (exact) mass is 526 g/mol. The van der Waals surface area contributed by atoms with Crippen molar-refractivity contribution in [1.29, 1.82) is 0 Å². The van der Waals surface area contributed by atoms with Crippen LogP contribution >= 0.6 is 0 Å². The zero-order valence-corrected chi connectivity index (χ0v) is 23.2. The molecule has 0 unspecified atom stereocenters. The number of halogens is 1. The average Bonchev–Trinajstić information content (AvgIpc) is 2.93. The minimum atomic E-state index is -0.390. The Labute approximate surface area is 229 Å². The third-order valence-corrected chi connectivity index (χ3v) is 7.03. The molecule has 1 aromatic carbocycles. The number of rotatable bonds is 7. The fraction of sp³-hybridized carbons (Fsp3) is 0.290. The molecule has 0 aliphatic carbocycles. The first-order chi connectivity index (χ1) is 18.7. The molecule has 3 heterocycles. The molecule has 3 aromatic rings. The number of hydrogen-bond acceptors (Lipinski definition) is 6. The number of benzene rings is 1. The van der Waals surface area contributed by atoms with Crippen LogP contribution in [0, 0.1) is 12.7 Å². The minimum absolute atomic E-state index is 0.0709. The van der Waals surface area contributed by atoms with Crippen molar-refractivity contribution in [2.24, 2.45) is 17.8 Å². The number of hydrogen-bond donors (Lipinski definition) is 1. The molecule has 2 aromatic heterocycles. The van der Waals surface area contributed by atoms with E-state index in [1.807, 2.05) is 13.8 Å². The van der Waals surface area contributed by atoms with Crippen molar-refractivity contribution in [3.8, 4) is 0 Å². The maximum Gasteiger partial charge on any atom is 0.253 e. The van der Waals surface area contributed by atoms with E-state index in [9.17, 15) is 9.18 Å². The molecular weight excluding hydrogens is 491 g/mol. The maximum atomic E-state index is 14.0. The molecule has 0 saturated heterocycles. The van der Waals surface area contributed by atoms with Gasteiger partial charge in [-0.25, -0.2) is 9.37 Å². The number of nitrogens with two attached hydrogens (primary N) is 1. The van der Waals surface area contributed by atoms with Gasteiger partial charge in [0.25, 0.3) is 5.56 Å². The highest BCUT2D eigenvalue weighted by Gasteiger charge is 2.22. The van der Waals surface area contributed by atoms with Crippen LogP contribution < -0.4 is 11.3 Å². The van der Waals surface area contributed by atoms with Gasteiger partial charge in [-0.1, -0.05) is 25.1 Å². The van der Waals surface area contributed by atoms with Gasteiger partial charge in [0.15, 0.2) is 0 Å². The van der Waals surface area contributed by atoms with Gasteiger partial charge in [0, 0.05) is 79.5 Å². The summed E-state index contributed by atoms with van der Waals surface area (Å²) in [4.78, 5) is 28.4. The number of fused-ring (bicyclic) bond motifs is 1. The largest absolute Gasteiger partial charge is 0.404 e. The molecule has 0 amide bonds. The predicted molar refractivity (Wildman–Crippen MR) is 156 cm³/mol. The van der Waals surface area contributed by atoms with Crippen LogP contribution in [0.3, 0.4) is 0 Å². The zero-order chi connectivity index (χ0) is 28.1. The van der Waals surface area contributed by atoms with Crippen LogP contribution in [0.5, 0.6) is 0 Å². The Kier molecular flexibility index (Phi) is 8.54. The first kappa shape index (κ1) is 27.7. The van der Waals surface area contributed by atoms with E-state index in [0.717, 1.165) is 53.1 Å². The lowest BCUT2D eigenvalue weighted by Gasteiger charge is -2.33. The number of allylic oxidation sites excluding steroid dienone is 4. The summed E-state index contributed by atoms with van der Waals surface area (Å²) < 4.78 is 15.6. The Bertz CT molecular complexity index is 1560. The standard InChI is InChI=1S/C31H35FN6O/c1-6-9-29(21(3)22(4)31-36-20(2)14-30(39)37(31)5)38-13-12-27-24(19-38)15-23(17-34-27)25(16-33)18-35-28-11-8-7-10-26(28)32/h7-11,14-18H,6,12-13,19,33H2,1-5H3/b22-21-,25-16+,29-9-,35-18?. The van der Waals surface area contributed by atoms with Crippen LogP contribution in [-0.4, -0.2) is 32.2 Å². The van der Waals surface area contributed by atoms with Crippen LogP contribution in [0.1, 0.15) is 55.5 Å². The molecule has 1 aliphatic heterocycles. The van der Waals surface area contributed by atoms with E-state index in [0.29, 0.717) is 23.6 Å². The number of aromatic nitrogens is 3. The van der Waals surface area contributed by atoms with Gasteiger partial charge in [-0.15, -0.1) is 0 Å². The maximum absolute atomic E-state index is 14.0. The normalized spacial score (nSPS) is 15.0. The third-order valence-electron chi connectivity index (χ3n) is 7.03. The van der Waals surface area contributed by atoms with Gasteiger partial charge in [0.1, 0.15) is 11.6 Å². The molecule has 0 spiro atoms.